The molecular formula is C32H21N5O. The maximum atomic E-state index is 6.37. The van der Waals surface area contributed by atoms with Crippen LogP contribution in [0.4, 0.5) is 0 Å². The van der Waals surface area contributed by atoms with E-state index >= 15 is 0 Å². The number of hydrogen-bond acceptors (Lipinski definition) is 4. The highest BCUT2D eigenvalue weighted by molar-refractivity contribution is 6.11. The van der Waals surface area contributed by atoms with E-state index in [1.54, 1.807) is 0 Å². The predicted octanol–water partition coefficient (Wildman–Crippen LogP) is 7.63. The van der Waals surface area contributed by atoms with Gasteiger partial charge in [0.15, 0.2) is 0 Å². The summed E-state index contributed by atoms with van der Waals surface area (Å²) in [5.41, 5.74) is 5.98. The minimum Gasteiger partial charge on any atom is -0.439 e. The van der Waals surface area contributed by atoms with Gasteiger partial charge < -0.3 is 4.74 Å². The van der Waals surface area contributed by atoms with Gasteiger partial charge in [-0.2, -0.15) is 5.10 Å². The second-order valence-corrected chi connectivity index (χ2v) is 9.47. The molecule has 6 heteroatoms. The minimum atomic E-state index is 0.536. The first-order valence-corrected chi connectivity index (χ1v) is 12.5. The van der Waals surface area contributed by atoms with Crippen LogP contribution >= 0.6 is 0 Å². The fourth-order valence-electron chi connectivity index (χ4n) is 5.52. The maximum Gasteiger partial charge on any atom is 0.219 e. The number of para-hydroxylation sites is 2. The van der Waals surface area contributed by atoms with Crippen LogP contribution in [0.25, 0.3) is 54.9 Å². The van der Waals surface area contributed by atoms with Crippen LogP contribution in [0.15, 0.2) is 109 Å². The van der Waals surface area contributed by atoms with Crippen LogP contribution < -0.4 is 4.74 Å². The van der Waals surface area contributed by atoms with E-state index in [9.17, 15) is 0 Å². The van der Waals surface area contributed by atoms with Crippen molar-refractivity contribution in [3.63, 3.8) is 0 Å². The summed E-state index contributed by atoms with van der Waals surface area (Å²) in [7, 11) is 0. The number of hydrogen-bond donors (Lipinski definition) is 0. The Hall–Kier alpha value is -5.23. The Morgan fingerprint density at radius 2 is 1.37 bits per heavy atom. The van der Waals surface area contributed by atoms with Gasteiger partial charge in [-0.05, 0) is 55.5 Å². The first-order valence-electron chi connectivity index (χ1n) is 12.5. The molecule has 0 unspecified atom stereocenters. The van der Waals surface area contributed by atoms with E-state index in [-0.39, 0.29) is 0 Å². The summed E-state index contributed by atoms with van der Waals surface area (Å²) in [5, 5.41) is 9.23. The molecule has 6 nitrogen and oxygen atoms in total. The van der Waals surface area contributed by atoms with Crippen LogP contribution in [0.2, 0.25) is 0 Å². The molecule has 0 saturated carbocycles. The van der Waals surface area contributed by atoms with Crippen LogP contribution in [0.1, 0.15) is 5.69 Å². The van der Waals surface area contributed by atoms with Crippen LogP contribution in [0.5, 0.6) is 11.6 Å². The number of fused-ring (bicyclic) bond motifs is 9. The van der Waals surface area contributed by atoms with Crippen molar-refractivity contribution in [2.24, 2.45) is 0 Å². The third kappa shape index (κ3) is 3.04. The van der Waals surface area contributed by atoms with Gasteiger partial charge >= 0.3 is 0 Å². The van der Waals surface area contributed by atoms with E-state index in [1.165, 1.54) is 5.39 Å². The molecule has 3 aromatic carbocycles. The number of aryl methyl sites for hydroxylation is 1. The summed E-state index contributed by atoms with van der Waals surface area (Å²) in [6.45, 7) is 2.00. The van der Waals surface area contributed by atoms with E-state index in [4.69, 9.17) is 14.8 Å². The van der Waals surface area contributed by atoms with Gasteiger partial charge in [-0.25, -0.2) is 14.5 Å². The Morgan fingerprint density at radius 1 is 0.632 bits per heavy atom. The molecule has 5 heterocycles. The summed E-state index contributed by atoms with van der Waals surface area (Å²) >= 11 is 0. The molecular weight excluding hydrogens is 470 g/mol. The average molecular weight is 492 g/mol. The zero-order chi connectivity index (χ0) is 25.2. The zero-order valence-electron chi connectivity index (χ0n) is 20.5. The highest BCUT2D eigenvalue weighted by atomic mass is 16.5. The molecule has 0 aliphatic carbocycles. The van der Waals surface area contributed by atoms with Crippen molar-refractivity contribution >= 4 is 49.1 Å². The summed E-state index contributed by atoms with van der Waals surface area (Å²) in [6.07, 6.45) is 1.82. The molecule has 0 fully saturated rings. The van der Waals surface area contributed by atoms with Gasteiger partial charge in [0.05, 0.1) is 27.8 Å². The standard InChI is InChI=1S/C32H21N5O/c1-20-18-29-32-25(23-9-3-5-11-27(23)37(29)35-20)15-16-31(34-32)38-21-13-14-24-22-8-2-4-10-26(22)36(28(24)19-21)30-12-6-7-17-33-30/h2-19H,1H3. The summed E-state index contributed by atoms with van der Waals surface area (Å²) in [4.78, 5) is 9.59. The zero-order valence-corrected chi connectivity index (χ0v) is 20.5. The van der Waals surface area contributed by atoms with Gasteiger partial charge in [-0.15, -0.1) is 0 Å². The molecule has 0 radical (unpaired) electrons. The first kappa shape index (κ1) is 20.9. The molecule has 0 bridgehead atoms. The van der Waals surface area contributed by atoms with Crippen molar-refractivity contribution in [2.75, 3.05) is 0 Å². The number of aromatic nitrogens is 5. The van der Waals surface area contributed by atoms with Crippen molar-refractivity contribution in [2.45, 2.75) is 6.92 Å². The van der Waals surface area contributed by atoms with E-state index in [1.807, 2.05) is 60.1 Å². The lowest BCUT2D eigenvalue weighted by Gasteiger charge is -2.11. The number of rotatable bonds is 3. The second-order valence-electron chi connectivity index (χ2n) is 9.47. The van der Waals surface area contributed by atoms with Gasteiger partial charge in [0, 0.05) is 39.9 Å². The Bertz CT molecular complexity index is 2180. The molecule has 0 N–H and O–H groups in total. The molecule has 0 saturated heterocycles. The lowest BCUT2D eigenvalue weighted by molar-refractivity contribution is 0.466. The van der Waals surface area contributed by atoms with Crippen LogP contribution in [-0.4, -0.2) is 24.1 Å². The summed E-state index contributed by atoms with van der Waals surface area (Å²) in [5.74, 6) is 2.12. The first-order chi connectivity index (χ1) is 18.7. The van der Waals surface area contributed by atoms with Crippen molar-refractivity contribution in [1.82, 2.24) is 24.1 Å². The molecule has 180 valence electrons. The highest BCUT2D eigenvalue weighted by Crippen LogP contribution is 2.36. The van der Waals surface area contributed by atoms with E-state index < -0.39 is 0 Å². The van der Waals surface area contributed by atoms with E-state index in [0.717, 1.165) is 55.3 Å². The number of pyridine rings is 3. The fourth-order valence-corrected chi connectivity index (χ4v) is 5.52. The van der Waals surface area contributed by atoms with E-state index in [2.05, 4.69) is 70.2 Å². The second kappa shape index (κ2) is 7.88. The minimum absolute atomic E-state index is 0.536. The number of benzene rings is 3. The van der Waals surface area contributed by atoms with Gasteiger partial charge in [0.1, 0.15) is 17.1 Å². The lowest BCUT2D eigenvalue weighted by Crippen LogP contribution is -1.97. The Morgan fingerprint density at radius 3 is 2.21 bits per heavy atom. The molecule has 8 aromatic rings. The van der Waals surface area contributed by atoms with Gasteiger partial charge in [-0.3, -0.25) is 4.57 Å². The molecule has 38 heavy (non-hydrogen) atoms. The molecule has 0 aliphatic heterocycles. The lowest BCUT2D eigenvalue weighted by atomic mass is 10.1. The topological polar surface area (TPSA) is 57.2 Å². The monoisotopic (exact) mass is 491 g/mol. The van der Waals surface area contributed by atoms with Crippen LogP contribution in [0.3, 0.4) is 0 Å². The van der Waals surface area contributed by atoms with Gasteiger partial charge in [-0.1, -0.05) is 42.5 Å². The quantitative estimate of drug-likeness (QED) is 0.238. The van der Waals surface area contributed by atoms with Crippen LogP contribution in [-0.2, 0) is 0 Å². The summed E-state index contributed by atoms with van der Waals surface area (Å²) in [6, 6.07) is 34.9. The Kier molecular flexibility index (Phi) is 4.34. The van der Waals surface area contributed by atoms with Crippen LogP contribution in [0, 0.1) is 6.92 Å². The van der Waals surface area contributed by atoms with Crippen molar-refractivity contribution in [3.8, 4) is 17.4 Å². The normalized spacial score (nSPS) is 11.8. The predicted molar refractivity (Wildman–Crippen MR) is 151 cm³/mol. The third-order valence-corrected chi connectivity index (χ3v) is 7.11. The fraction of sp³-hybridized carbons (Fsp3) is 0.0312. The molecule has 0 spiro atoms. The average Bonchev–Trinajstić information content (AvgIpc) is 3.51. The molecule has 0 atom stereocenters. The SMILES string of the molecule is Cc1cc2c3nc(Oc4ccc5c6ccccc6n(-c6ccccn6)c5c4)ccc3c3ccccc3n2n1. The third-order valence-electron chi connectivity index (χ3n) is 7.11. The smallest absolute Gasteiger partial charge is 0.219 e. The molecule has 8 rings (SSSR count). The number of ether oxygens (including phenoxy) is 1. The van der Waals surface area contributed by atoms with Gasteiger partial charge in [0.25, 0.3) is 0 Å². The van der Waals surface area contributed by atoms with Crippen molar-refractivity contribution in [1.29, 1.82) is 0 Å². The molecule has 0 aliphatic rings. The Labute approximate surface area is 217 Å². The number of nitrogens with zero attached hydrogens (tertiary/aromatic N) is 5. The maximum absolute atomic E-state index is 6.37. The summed E-state index contributed by atoms with van der Waals surface area (Å²) < 4.78 is 10.5. The molecule has 0 amide bonds. The van der Waals surface area contributed by atoms with Gasteiger partial charge in [0.2, 0.25) is 5.88 Å². The highest BCUT2D eigenvalue weighted by Gasteiger charge is 2.15. The molecule has 5 aromatic heterocycles. The van der Waals surface area contributed by atoms with Crippen molar-refractivity contribution < 1.29 is 4.74 Å². The largest absolute Gasteiger partial charge is 0.439 e. The van der Waals surface area contributed by atoms with Crippen molar-refractivity contribution in [3.05, 3.63) is 115 Å². The Balaban J connectivity index is 1.31. The van der Waals surface area contributed by atoms with E-state index in [0.29, 0.717) is 11.6 Å².